The summed E-state index contributed by atoms with van der Waals surface area (Å²) in [5.74, 6) is 0. The van der Waals surface area contributed by atoms with E-state index in [-0.39, 0.29) is 0 Å². The molecule has 0 aliphatic heterocycles. The number of rotatable bonds is 8. The Labute approximate surface area is 660 Å². The van der Waals surface area contributed by atoms with Crippen LogP contribution in [0.5, 0.6) is 0 Å². The molecule has 16 heteroatoms. The molecule has 16 rings (SSSR count). The Morgan fingerprint density at radius 3 is 0.688 bits per heavy atom. The summed E-state index contributed by atoms with van der Waals surface area (Å²) < 4.78 is 0. The average molecular weight is 1470 g/mol. The van der Waals surface area contributed by atoms with Crippen molar-refractivity contribution in [2.24, 2.45) is 0 Å². The molecule has 0 radical (unpaired) electrons. The molecule has 0 bridgehead atoms. The summed E-state index contributed by atoms with van der Waals surface area (Å²) in [5.41, 5.74) is 34.1. The van der Waals surface area contributed by atoms with Gasteiger partial charge >= 0.3 is 0 Å². The van der Waals surface area contributed by atoms with Gasteiger partial charge in [0.1, 0.15) is 0 Å². The van der Waals surface area contributed by atoms with Crippen LogP contribution in [0.2, 0.25) is 0 Å². The molecule has 16 nitrogen and oxygen atoms in total. The Hall–Kier alpha value is -13.6. The van der Waals surface area contributed by atoms with E-state index < -0.39 is 0 Å². The number of pyridine rings is 16. The second-order valence-corrected chi connectivity index (χ2v) is 27.2. The number of hydrogen-bond donors (Lipinski definition) is 0. The van der Waals surface area contributed by atoms with Crippen LogP contribution in [-0.4, -0.2) is 79.7 Å². The number of nitrogens with zero attached hydrogens (tertiary/aromatic N) is 16. The first-order valence-corrected chi connectivity index (χ1v) is 36.9. The molecule has 0 amide bonds. The molecular weight excluding hydrogens is 1380 g/mol. The van der Waals surface area contributed by atoms with Crippen molar-refractivity contribution in [1.29, 1.82) is 0 Å². The molecule has 0 atom stereocenters. The van der Waals surface area contributed by atoms with Crippen molar-refractivity contribution >= 4 is 0 Å². The van der Waals surface area contributed by atoms with E-state index in [2.05, 4.69) is 136 Å². The van der Waals surface area contributed by atoms with Gasteiger partial charge in [-0.1, -0.05) is 60.7 Å². The van der Waals surface area contributed by atoms with Crippen LogP contribution < -0.4 is 0 Å². The first kappa shape index (κ1) is 82.5. The summed E-state index contributed by atoms with van der Waals surface area (Å²) >= 11 is 0. The molecule has 0 unspecified atom stereocenters. The lowest BCUT2D eigenvalue weighted by Crippen LogP contribution is -1.90. The number of hydrogen-bond acceptors (Lipinski definition) is 16. The summed E-state index contributed by atoms with van der Waals surface area (Å²) in [5, 5.41) is 0. The molecule has 0 N–H and O–H groups in total. The average Bonchev–Trinajstić information content (AvgIpc) is 0.875. The molecule has 0 spiro atoms. The van der Waals surface area contributed by atoms with Crippen molar-refractivity contribution in [2.45, 2.75) is 111 Å². The van der Waals surface area contributed by atoms with Gasteiger partial charge in [0.2, 0.25) is 0 Å². The van der Waals surface area contributed by atoms with Crippen LogP contribution in [0.1, 0.15) is 90.2 Å². The predicted octanol–water partition coefficient (Wildman–Crippen LogP) is 22.1. The molecule has 0 aromatic carbocycles. The third-order valence-electron chi connectivity index (χ3n) is 16.8. The maximum absolute atomic E-state index is 4.42. The van der Waals surface area contributed by atoms with Crippen molar-refractivity contribution in [2.75, 3.05) is 0 Å². The zero-order chi connectivity index (χ0) is 79.7. The second kappa shape index (κ2) is 42.2. The predicted molar refractivity (Wildman–Crippen MR) is 456 cm³/mol. The van der Waals surface area contributed by atoms with E-state index in [1.54, 1.807) is 0 Å². The molecule has 560 valence electrons. The molecule has 0 saturated heterocycles. The standard InChI is InChI=1S/8C12H12N2/c1-9-7-11(3-5-13-9)12-4-6-14-10(2)8-12;1-9-3-5-11(7-13-9)12-6-4-10(2)14-8-12;1-9-3-5-13-11(7-9)12-8-10(2)4-6-14-12;2*1-9-3-5-11(13-7-9)12-6-4-10(2)8-14-12;1-9-5-3-7-11(13-9)12-8-4-6-10(2)14-12;1-9-3-4-12(8-14-9)11-5-6-13-10(2)7-11;1-9-3-4-12(14-8-9)11-5-6-13-10(2)7-11/h8*3-8H,1-2H3. The fourth-order valence-corrected chi connectivity index (χ4v) is 10.6. The van der Waals surface area contributed by atoms with E-state index in [0.717, 1.165) is 125 Å². The van der Waals surface area contributed by atoms with Crippen LogP contribution in [0.15, 0.2) is 293 Å². The smallest absolute Gasteiger partial charge is 0.0889 e. The molecule has 112 heavy (non-hydrogen) atoms. The lowest BCUT2D eigenvalue weighted by molar-refractivity contribution is 1.15. The van der Waals surface area contributed by atoms with Gasteiger partial charge < -0.3 is 0 Å². The lowest BCUT2D eigenvalue weighted by Gasteiger charge is -2.02. The van der Waals surface area contributed by atoms with Crippen LogP contribution >= 0.6 is 0 Å². The SMILES string of the molecule is Cc1cc(-c2ccnc(C)c2)ccn1.Cc1ccc(-c2ccc(C)cn2)nc1.Cc1ccc(-c2ccc(C)cn2)nc1.Cc1ccc(-c2ccc(C)nc2)cn1.Cc1ccc(-c2ccnc(C)c2)cn1.Cc1ccc(-c2ccnc(C)c2)nc1.Cc1cccc(-c2cccc(C)n2)n1.Cc1ccnc(-c2cc(C)ccn2)c1. The molecular formula is C96H96N16. The minimum absolute atomic E-state index is 0.926. The van der Waals surface area contributed by atoms with E-state index in [4.69, 9.17) is 0 Å². The molecule has 0 saturated carbocycles. The van der Waals surface area contributed by atoms with Gasteiger partial charge in [-0.15, -0.1) is 0 Å². The van der Waals surface area contributed by atoms with E-state index in [0.29, 0.717) is 0 Å². The van der Waals surface area contributed by atoms with Gasteiger partial charge in [-0.05, 0) is 312 Å². The highest BCUT2D eigenvalue weighted by atomic mass is 14.8. The van der Waals surface area contributed by atoms with Gasteiger partial charge in [0.05, 0.1) is 51.2 Å². The molecule has 16 aromatic rings. The third-order valence-corrected chi connectivity index (χ3v) is 16.8. The van der Waals surface area contributed by atoms with E-state index in [1.807, 2.05) is 347 Å². The molecule has 16 aromatic heterocycles. The number of aryl methyl sites for hydroxylation is 16. The number of aromatic nitrogens is 16. The van der Waals surface area contributed by atoms with Crippen molar-refractivity contribution < 1.29 is 0 Å². The molecule has 0 aliphatic rings. The van der Waals surface area contributed by atoms with Gasteiger partial charge in [-0.2, -0.15) is 0 Å². The van der Waals surface area contributed by atoms with Gasteiger partial charge in [-0.3, -0.25) is 79.7 Å². The monoisotopic (exact) mass is 1470 g/mol. The van der Waals surface area contributed by atoms with Gasteiger partial charge in [-0.25, -0.2) is 0 Å². The summed E-state index contributed by atoms with van der Waals surface area (Å²) in [6.45, 7) is 32.2. The normalized spacial score (nSPS) is 10.1. The Morgan fingerprint density at radius 1 is 0.143 bits per heavy atom. The molecule has 0 aliphatic carbocycles. The van der Waals surface area contributed by atoms with Crippen molar-refractivity contribution in [1.82, 2.24) is 79.7 Å². The van der Waals surface area contributed by atoms with Crippen molar-refractivity contribution in [3.63, 3.8) is 0 Å². The van der Waals surface area contributed by atoms with Crippen LogP contribution in [0.25, 0.3) is 90.2 Å². The third kappa shape index (κ3) is 27.6. The second-order valence-electron chi connectivity index (χ2n) is 27.2. The topological polar surface area (TPSA) is 206 Å². The van der Waals surface area contributed by atoms with E-state index >= 15 is 0 Å². The largest absolute Gasteiger partial charge is 0.262 e. The summed E-state index contributed by atoms with van der Waals surface area (Å²) in [7, 11) is 0. The fraction of sp³-hybridized carbons (Fsp3) is 0.167. The summed E-state index contributed by atoms with van der Waals surface area (Å²) in [6.07, 6.45) is 25.9. The van der Waals surface area contributed by atoms with Crippen LogP contribution in [0.3, 0.4) is 0 Å². The minimum atomic E-state index is 0.926. The minimum Gasteiger partial charge on any atom is -0.262 e. The first-order chi connectivity index (χ1) is 54.0. The van der Waals surface area contributed by atoms with Gasteiger partial charge in [0, 0.05) is 160 Å². The highest BCUT2D eigenvalue weighted by Gasteiger charge is 2.07. The van der Waals surface area contributed by atoms with Crippen molar-refractivity contribution in [3.8, 4) is 90.2 Å². The van der Waals surface area contributed by atoms with Gasteiger partial charge in [0.15, 0.2) is 0 Å². The zero-order valence-electron chi connectivity index (χ0n) is 66.9. The van der Waals surface area contributed by atoms with Crippen molar-refractivity contribution in [3.05, 3.63) is 383 Å². The highest BCUT2D eigenvalue weighted by Crippen LogP contribution is 2.24. The Morgan fingerprint density at radius 2 is 0.420 bits per heavy atom. The van der Waals surface area contributed by atoms with Gasteiger partial charge in [0.25, 0.3) is 0 Å². The molecule has 16 heterocycles. The van der Waals surface area contributed by atoms with E-state index in [1.165, 1.54) is 55.6 Å². The quantitative estimate of drug-likeness (QED) is 0.139. The van der Waals surface area contributed by atoms with Crippen LogP contribution in [0.4, 0.5) is 0 Å². The van der Waals surface area contributed by atoms with E-state index in [9.17, 15) is 0 Å². The Kier molecular flexibility index (Phi) is 31.1. The summed E-state index contributed by atoms with van der Waals surface area (Å²) in [4.78, 5) is 68.5. The molecule has 0 fully saturated rings. The fourth-order valence-electron chi connectivity index (χ4n) is 10.6. The Bertz CT molecular complexity index is 4780. The highest BCUT2D eigenvalue weighted by molar-refractivity contribution is 5.65. The maximum atomic E-state index is 4.42. The lowest BCUT2D eigenvalue weighted by atomic mass is 10.1. The first-order valence-electron chi connectivity index (χ1n) is 36.9. The zero-order valence-corrected chi connectivity index (χ0v) is 66.9. The maximum Gasteiger partial charge on any atom is 0.0889 e. The van der Waals surface area contributed by atoms with Crippen LogP contribution in [-0.2, 0) is 0 Å². The Balaban J connectivity index is 0.000000147. The summed E-state index contributed by atoms with van der Waals surface area (Å²) in [6, 6.07) is 68.8. The van der Waals surface area contributed by atoms with Crippen LogP contribution in [0, 0.1) is 111 Å².